The predicted molar refractivity (Wildman–Crippen MR) is 70.4 cm³/mol. The molecule has 2 rings (SSSR count). The number of morpholine rings is 1. The SMILES string of the molecule is Cc1ccc(C#CCN)c(N2C(=O)COCC2=O)c1. The maximum absolute atomic E-state index is 11.8. The molecule has 19 heavy (non-hydrogen) atoms. The molecule has 1 fully saturated rings. The molecule has 0 saturated carbocycles. The van der Waals surface area contributed by atoms with E-state index in [1.807, 2.05) is 13.0 Å². The number of nitrogens with zero attached hydrogens (tertiary/aromatic N) is 1. The molecule has 1 aromatic rings. The molecule has 5 nitrogen and oxygen atoms in total. The standard InChI is InChI=1S/C14H14N2O3/c1-10-4-5-11(3-2-6-15)12(7-10)16-13(17)8-19-9-14(16)18/h4-5,7H,6,8-9,15H2,1H3. The molecular weight excluding hydrogens is 244 g/mol. The molecule has 0 atom stereocenters. The second-order valence-corrected chi connectivity index (χ2v) is 4.14. The fourth-order valence-electron chi connectivity index (χ4n) is 1.84. The van der Waals surface area contributed by atoms with Gasteiger partial charge in [0.25, 0.3) is 11.8 Å². The molecule has 0 aromatic heterocycles. The van der Waals surface area contributed by atoms with Crippen molar-refractivity contribution in [3.8, 4) is 11.8 Å². The zero-order chi connectivity index (χ0) is 13.8. The minimum absolute atomic E-state index is 0.0938. The number of rotatable bonds is 1. The summed E-state index contributed by atoms with van der Waals surface area (Å²) in [6, 6.07) is 5.42. The van der Waals surface area contributed by atoms with Crippen molar-refractivity contribution in [2.24, 2.45) is 5.73 Å². The predicted octanol–water partition coefficient (Wildman–Crippen LogP) is 0.195. The van der Waals surface area contributed by atoms with Crippen molar-refractivity contribution in [1.29, 1.82) is 0 Å². The van der Waals surface area contributed by atoms with Crippen LogP contribution in [0.15, 0.2) is 18.2 Å². The van der Waals surface area contributed by atoms with Crippen molar-refractivity contribution in [3.05, 3.63) is 29.3 Å². The molecule has 5 heteroatoms. The van der Waals surface area contributed by atoms with Crippen molar-refractivity contribution < 1.29 is 14.3 Å². The minimum atomic E-state index is -0.377. The van der Waals surface area contributed by atoms with Crippen molar-refractivity contribution in [2.75, 3.05) is 24.7 Å². The number of hydrogen-bond donors (Lipinski definition) is 1. The Balaban J connectivity index is 2.49. The van der Waals surface area contributed by atoms with Gasteiger partial charge in [-0.15, -0.1) is 0 Å². The Morgan fingerprint density at radius 1 is 1.32 bits per heavy atom. The van der Waals surface area contributed by atoms with Gasteiger partial charge in [-0.1, -0.05) is 17.9 Å². The summed E-state index contributed by atoms with van der Waals surface area (Å²) in [7, 11) is 0. The Morgan fingerprint density at radius 3 is 2.63 bits per heavy atom. The molecule has 1 aliphatic rings. The summed E-state index contributed by atoms with van der Waals surface area (Å²) in [6.07, 6.45) is 0. The zero-order valence-corrected chi connectivity index (χ0v) is 10.6. The van der Waals surface area contributed by atoms with Crippen LogP contribution in [0, 0.1) is 18.8 Å². The third-order valence-corrected chi connectivity index (χ3v) is 2.67. The first kappa shape index (κ1) is 13.3. The summed E-state index contributed by atoms with van der Waals surface area (Å²) in [5.74, 6) is 4.85. The molecular formula is C14H14N2O3. The molecule has 1 heterocycles. The van der Waals surface area contributed by atoms with Crippen LogP contribution in [0.2, 0.25) is 0 Å². The number of nitrogens with two attached hydrogens (primary N) is 1. The minimum Gasteiger partial charge on any atom is -0.362 e. The average Bonchev–Trinajstić information content (AvgIpc) is 2.37. The number of benzene rings is 1. The van der Waals surface area contributed by atoms with E-state index in [1.165, 1.54) is 0 Å². The zero-order valence-electron chi connectivity index (χ0n) is 10.6. The third-order valence-electron chi connectivity index (χ3n) is 2.67. The maximum atomic E-state index is 11.8. The van der Waals surface area contributed by atoms with Gasteiger partial charge in [-0.25, -0.2) is 4.90 Å². The Bertz CT molecular complexity index is 568. The molecule has 2 amide bonds. The van der Waals surface area contributed by atoms with Crippen molar-refractivity contribution in [1.82, 2.24) is 0 Å². The first-order valence-electron chi connectivity index (χ1n) is 5.86. The van der Waals surface area contributed by atoms with E-state index < -0.39 is 0 Å². The lowest BCUT2D eigenvalue weighted by Gasteiger charge is -2.26. The normalized spacial score (nSPS) is 15.2. The summed E-state index contributed by atoms with van der Waals surface area (Å²) < 4.78 is 4.90. The van der Waals surface area contributed by atoms with Crippen molar-refractivity contribution in [3.63, 3.8) is 0 Å². The fraction of sp³-hybridized carbons (Fsp3) is 0.286. The quantitative estimate of drug-likeness (QED) is 0.576. The van der Waals surface area contributed by atoms with E-state index >= 15 is 0 Å². The Hall–Kier alpha value is -2.16. The van der Waals surface area contributed by atoms with E-state index in [-0.39, 0.29) is 31.6 Å². The van der Waals surface area contributed by atoms with Crippen LogP contribution in [0.4, 0.5) is 5.69 Å². The lowest BCUT2D eigenvalue weighted by atomic mass is 10.1. The molecule has 2 N–H and O–H groups in total. The highest BCUT2D eigenvalue weighted by molar-refractivity contribution is 6.17. The summed E-state index contributed by atoms with van der Waals surface area (Å²) in [6.45, 7) is 1.92. The lowest BCUT2D eigenvalue weighted by molar-refractivity contribution is -0.138. The highest BCUT2D eigenvalue weighted by atomic mass is 16.5. The molecule has 1 aromatic carbocycles. The molecule has 0 aliphatic carbocycles. The van der Waals surface area contributed by atoms with Gasteiger partial charge in [-0.05, 0) is 24.6 Å². The van der Waals surface area contributed by atoms with Gasteiger partial charge in [0.1, 0.15) is 13.2 Å². The fourth-order valence-corrected chi connectivity index (χ4v) is 1.84. The van der Waals surface area contributed by atoms with E-state index in [1.54, 1.807) is 12.1 Å². The number of carbonyl (C=O) groups excluding carboxylic acids is 2. The van der Waals surface area contributed by atoms with Gasteiger partial charge in [0.2, 0.25) is 0 Å². The molecule has 98 valence electrons. The molecule has 1 saturated heterocycles. The third kappa shape index (κ3) is 2.81. The van der Waals surface area contributed by atoms with Crippen LogP contribution in [0.25, 0.3) is 0 Å². The van der Waals surface area contributed by atoms with Crippen LogP contribution in [0.3, 0.4) is 0 Å². The van der Waals surface area contributed by atoms with Crippen LogP contribution in [-0.2, 0) is 14.3 Å². The number of imide groups is 1. The average molecular weight is 258 g/mol. The molecule has 0 unspecified atom stereocenters. The van der Waals surface area contributed by atoms with Gasteiger partial charge >= 0.3 is 0 Å². The van der Waals surface area contributed by atoms with E-state index in [0.717, 1.165) is 10.5 Å². The number of amides is 2. The number of carbonyl (C=O) groups is 2. The molecule has 0 bridgehead atoms. The topological polar surface area (TPSA) is 72.6 Å². The number of hydrogen-bond acceptors (Lipinski definition) is 4. The van der Waals surface area contributed by atoms with Gasteiger partial charge in [-0.2, -0.15) is 0 Å². The van der Waals surface area contributed by atoms with Crippen LogP contribution in [-0.4, -0.2) is 31.6 Å². The van der Waals surface area contributed by atoms with Gasteiger partial charge in [0, 0.05) is 5.56 Å². The summed E-state index contributed by atoms with van der Waals surface area (Å²) in [5.41, 5.74) is 7.40. The van der Waals surface area contributed by atoms with E-state index in [9.17, 15) is 9.59 Å². The van der Waals surface area contributed by atoms with Crippen molar-refractivity contribution in [2.45, 2.75) is 6.92 Å². The summed E-state index contributed by atoms with van der Waals surface area (Å²) in [5, 5.41) is 0. The summed E-state index contributed by atoms with van der Waals surface area (Å²) in [4.78, 5) is 24.8. The monoisotopic (exact) mass is 258 g/mol. The van der Waals surface area contributed by atoms with Crippen LogP contribution in [0.5, 0.6) is 0 Å². The summed E-state index contributed by atoms with van der Waals surface area (Å²) >= 11 is 0. The lowest BCUT2D eigenvalue weighted by Crippen LogP contribution is -2.46. The Labute approximate surface area is 111 Å². The largest absolute Gasteiger partial charge is 0.362 e. The highest BCUT2D eigenvalue weighted by Crippen LogP contribution is 2.23. The molecule has 0 spiro atoms. The maximum Gasteiger partial charge on any atom is 0.259 e. The van der Waals surface area contributed by atoms with Gasteiger partial charge < -0.3 is 10.5 Å². The number of ether oxygens (including phenoxy) is 1. The van der Waals surface area contributed by atoms with E-state index in [2.05, 4.69) is 11.8 Å². The number of anilines is 1. The van der Waals surface area contributed by atoms with Crippen molar-refractivity contribution >= 4 is 17.5 Å². The first-order chi connectivity index (χ1) is 9.13. The Morgan fingerprint density at radius 2 is 2.00 bits per heavy atom. The van der Waals surface area contributed by atoms with Crippen LogP contribution < -0.4 is 10.6 Å². The van der Waals surface area contributed by atoms with Gasteiger partial charge in [0.05, 0.1) is 12.2 Å². The smallest absolute Gasteiger partial charge is 0.259 e. The Kier molecular flexibility index (Phi) is 3.95. The molecule has 0 radical (unpaired) electrons. The van der Waals surface area contributed by atoms with Crippen LogP contribution in [0.1, 0.15) is 11.1 Å². The second-order valence-electron chi connectivity index (χ2n) is 4.14. The van der Waals surface area contributed by atoms with E-state index in [0.29, 0.717) is 11.3 Å². The highest BCUT2D eigenvalue weighted by Gasteiger charge is 2.29. The molecule has 1 aliphatic heterocycles. The second kappa shape index (κ2) is 5.65. The van der Waals surface area contributed by atoms with Crippen LogP contribution >= 0.6 is 0 Å². The first-order valence-corrected chi connectivity index (χ1v) is 5.86. The van der Waals surface area contributed by atoms with Gasteiger partial charge in [0.15, 0.2) is 0 Å². The number of aryl methyl sites for hydroxylation is 1. The van der Waals surface area contributed by atoms with E-state index in [4.69, 9.17) is 10.5 Å². The van der Waals surface area contributed by atoms with Gasteiger partial charge in [-0.3, -0.25) is 9.59 Å².